The van der Waals surface area contributed by atoms with Gasteiger partial charge in [-0.3, -0.25) is 14.6 Å². The minimum absolute atomic E-state index is 0.747. The van der Waals surface area contributed by atoms with E-state index in [-0.39, 0.29) is 0 Å². The van der Waals surface area contributed by atoms with E-state index < -0.39 is 0 Å². The Hall–Kier alpha value is -1.68. The number of aromatic nitrogens is 3. The van der Waals surface area contributed by atoms with Crippen molar-refractivity contribution in [2.24, 2.45) is 13.0 Å². The van der Waals surface area contributed by atoms with E-state index in [9.17, 15) is 0 Å². The summed E-state index contributed by atoms with van der Waals surface area (Å²) in [5, 5.41) is 4.48. The van der Waals surface area contributed by atoms with Crippen molar-refractivity contribution in [2.45, 2.75) is 25.8 Å². The molecule has 0 N–H and O–H groups in total. The first-order chi connectivity index (χ1) is 9.79. The predicted molar refractivity (Wildman–Crippen MR) is 79.2 cm³/mol. The number of pyridine rings is 1. The summed E-state index contributed by atoms with van der Waals surface area (Å²) in [6.45, 7) is 3.34. The van der Waals surface area contributed by atoms with Crippen molar-refractivity contribution >= 4 is 0 Å². The summed E-state index contributed by atoms with van der Waals surface area (Å²) in [5.41, 5.74) is 2.53. The van der Waals surface area contributed by atoms with E-state index in [1.54, 1.807) is 0 Å². The minimum Gasteiger partial charge on any atom is -0.297 e. The van der Waals surface area contributed by atoms with Gasteiger partial charge in [0.05, 0.1) is 5.69 Å². The molecule has 0 spiro atoms. The van der Waals surface area contributed by atoms with Crippen molar-refractivity contribution < 1.29 is 0 Å². The molecular weight excluding hydrogens is 248 g/mol. The van der Waals surface area contributed by atoms with E-state index in [4.69, 9.17) is 0 Å². The molecule has 3 rings (SSSR count). The number of hydrogen-bond acceptors (Lipinski definition) is 3. The molecule has 2 aromatic rings. The summed E-state index contributed by atoms with van der Waals surface area (Å²) < 4.78 is 1.88. The largest absolute Gasteiger partial charge is 0.297 e. The van der Waals surface area contributed by atoms with Crippen molar-refractivity contribution in [3.8, 4) is 0 Å². The average Bonchev–Trinajstić information content (AvgIpc) is 2.86. The smallest absolute Gasteiger partial charge is 0.0764 e. The number of piperidine rings is 1. The molecule has 0 saturated carbocycles. The molecule has 0 aromatic carbocycles. The number of hydrogen-bond donors (Lipinski definition) is 0. The van der Waals surface area contributed by atoms with Crippen molar-refractivity contribution in [3.05, 3.63) is 48.0 Å². The third kappa shape index (κ3) is 3.45. The Morgan fingerprint density at radius 3 is 3.05 bits per heavy atom. The molecule has 0 bridgehead atoms. The van der Waals surface area contributed by atoms with Gasteiger partial charge in [-0.15, -0.1) is 0 Å². The first-order valence-electron chi connectivity index (χ1n) is 7.39. The monoisotopic (exact) mass is 270 g/mol. The van der Waals surface area contributed by atoms with Gasteiger partial charge in [0, 0.05) is 38.7 Å². The Morgan fingerprint density at radius 1 is 1.35 bits per heavy atom. The quantitative estimate of drug-likeness (QED) is 0.854. The van der Waals surface area contributed by atoms with Crippen molar-refractivity contribution in [1.29, 1.82) is 0 Å². The van der Waals surface area contributed by atoms with E-state index in [1.165, 1.54) is 37.2 Å². The van der Waals surface area contributed by atoms with E-state index in [2.05, 4.69) is 27.1 Å². The average molecular weight is 270 g/mol. The topological polar surface area (TPSA) is 34.0 Å². The Morgan fingerprint density at radius 2 is 2.30 bits per heavy atom. The molecule has 1 saturated heterocycles. The maximum atomic E-state index is 4.48. The molecule has 0 aliphatic carbocycles. The zero-order valence-corrected chi connectivity index (χ0v) is 12.1. The number of nitrogens with zero attached hydrogens (tertiary/aromatic N) is 4. The van der Waals surface area contributed by atoms with E-state index >= 15 is 0 Å². The van der Waals surface area contributed by atoms with Crippen LogP contribution in [0.15, 0.2) is 36.8 Å². The van der Waals surface area contributed by atoms with Crippen LogP contribution in [-0.2, 0) is 20.0 Å². The van der Waals surface area contributed by atoms with E-state index in [1.807, 2.05) is 36.4 Å². The van der Waals surface area contributed by atoms with Crippen LogP contribution < -0.4 is 0 Å². The fourth-order valence-corrected chi connectivity index (χ4v) is 3.09. The summed E-state index contributed by atoms with van der Waals surface area (Å²) in [6.07, 6.45) is 9.62. The van der Waals surface area contributed by atoms with E-state index in [0.717, 1.165) is 18.9 Å². The lowest BCUT2D eigenvalue weighted by molar-refractivity contribution is 0.165. The fourth-order valence-electron chi connectivity index (χ4n) is 3.09. The van der Waals surface area contributed by atoms with Crippen LogP contribution in [0.1, 0.15) is 24.1 Å². The highest BCUT2D eigenvalue weighted by atomic mass is 15.3. The highest BCUT2D eigenvalue weighted by Crippen LogP contribution is 2.21. The molecule has 20 heavy (non-hydrogen) atoms. The van der Waals surface area contributed by atoms with Crippen LogP contribution in [0.4, 0.5) is 0 Å². The first kappa shape index (κ1) is 13.3. The molecule has 0 radical (unpaired) electrons. The molecule has 0 amide bonds. The summed E-state index contributed by atoms with van der Waals surface area (Å²) in [4.78, 5) is 6.75. The maximum absolute atomic E-state index is 4.48. The molecule has 1 atom stereocenters. The Labute approximate surface area is 120 Å². The minimum atomic E-state index is 0.747. The Bertz CT molecular complexity index is 534. The second-order valence-corrected chi connectivity index (χ2v) is 5.79. The molecular formula is C16H22N4. The van der Waals surface area contributed by atoms with Crippen LogP contribution >= 0.6 is 0 Å². The summed E-state index contributed by atoms with van der Waals surface area (Å²) in [6, 6.07) is 6.33. The summed E-state index contributed by atoms with van der Waals surface area (Å²) in [5.74, 6) is 0.747. The SMILES string of the molecule is Cn1ccc(CN2CCC[C@@H](Cc3cccnc3)C2)n1. The molecule has 3 heterocycles. The van der Waals surface area contributed by atoms with Gasteiger partial charge in [0.25, 0.3) is 0 Å². The fraction of sp³-hybridized carbons (Fsp3) is 0.500. The number of rotatable bonds is 4. The van der Waals surface area contributed by atoms with Gasteiger partial charge in [0.15, 0.2) is 0 Å². The Kier molecular flexibility index (Phi) is 4.11. The summed E-state index contributed by atoms with van der Waals surface area (Å²) in [7, 11) is 1.98. The molecule has 1 aliphatic rings. The lowest BCUT2D eigenvalue weighted by Crippen LogP contribution is -2.35. The molecule has 0 unspecified atom stereocenters. The maximum Gasteiger partial charge on any atom is 0.0764 e. The third-order valence-corrected chi connectivity index (χ3v) is 4.00. The van der Waals surface area contributed by atoms with E-state index in [0.29, 0.717) is 0 Å². The summed E-state index contributed by atoms with van der Waals surface area (Å²) >= 11 is 0. The zero-order valence-electron chi connectivity index (χ0n) is 12.1. The van der Waals surface area contributed by atoms with Gasteiger partial charge in [0.2, 0.25) is 0 Å². The molecule has 4 nitrogen and oxygen atoms in total. The molecule has 106 valence electrons. The molecule has 1 fully saturated rings. The lowest BCUT2D eigenvalue weighted by atomic mass is 9.92. The predicted octanol–water partition coefficient (Wildman–Crippen LogP) is 2.27. The number of aryl methyl sites for hydroxylation is 1. The third-order valence-electron chi connectivity index (χ3n) is 4.00. The van der Waals surface area contributed by atoms with Crippen molar-refractivity contribution in [3.63, 3.8) is 0 Å². The highest BCUT2D eigenvalue weighted by molar-refractivity contribution is 5.09. The standard InChI is InChI=1S/C16H22N4/c1-19-9-6-16(18-19)13-20-8-3-5-15(12-20)10-14-4-2-7-17-11-14/h2,4,6-7,9,11,15H,3,5,8,10,12-13H2,1H3/t15-/m0/s1. The van der Waals surface area contributed by atoms with Gasteiger partial charge < -0.3 is 0 Å². The van der Waals surface area contributed by atoms with Gasteiger partial charge in [-0.05, 0) is 49.4 Å². The highest BCUT2D eigenvalue weighted by Gasteiger charge is 2.20. The molecule has 2 aromatic heterocycles. The van der Waals surface area contributed by atoms with Gasteiger partial charge in [-0.25, -0.2) is 0 Å². The normalized spacial score (nSPS) is 20.1. The van der Waals surface area contributed by atoms with Crippen LogP contribution in [0, 0.1) is 5.92 Å². The second-order valence-electron chi connectivity index (χ2n) is 5.79. The van der Waals surface area contributed by atoms with Crippen molar-refractivity contribution in [2.75, 3.05) is 13.1 Å². The van der Waals surface area contributed by atoms with Gasteiger partial charge in [-0.2, -0.15) is 5.10 Å². The van der Waals surface area contributed by atoms with Crippen LogP contribution in [-0.4, -0.2) is 32.8 Å². The van der Waals surface area contributed by atoms with Gasteiger partial charge in [-0.1, -0.05) is 6.07 Å². The Balaban J connectivity index is 1.56. The van der Waals surface area contributed by atoms with Gasteiger partial charge in [0.1, 0.15) is 0 Å². The van der Waals surface area contributed by atoms with Crippen LogP contribution in [0.3, 0.4) is 0 Å². The number of likely N-dealkylation sites (tertiary alicyclic amines) is 1. The first-order valence-corrected chi connectivity index (χ1v) is 7.39. The van der Waals surface area contributed by atoms with Crippen LogP contribution in [0.5, 0.6) is 0 Å². The zero-order chi connectivity index (χ0) is 13.8. The molecule has 4 heteroatoms. The van der Waals surface area contributed by atoms with Crippen LogP contribution in [0.25, 0.3) is 0 Å². The van der Waals surface area contributed by atoms with Crippen molar-refractivity contribution in [1.82, 2.24) is 19.7 Å². The lowest BCUT2D eigenvalue weighted by Gasteiger charge is -2.32. The van der Waals surface area contributed by atoms with Gasteiger partial charge >= 0.3 is 0 Å². The second kappa shape index (κ2) is 6.18. The molecule has 1 aliphatic heterocycles. The van der Waals surface area contributed by atoms with Crippen LogP contribution in [0.2, 0.25) is 0 Å².